The van der Waals surface area contributed by atoms with Crippen LogP contribution in [0.25, 0.3) is 5.52 Å². The molecule has 0 fully saturated rings. The molecule has 0 spiro atoms. The summed E-state index contributed by atoms with van der Waals surface area (Å²) >= 11 is 0. The zero-order chi connectivity index (χ0) is 14.7. The van der Waals surface area contributed by atoms with Crippen molar-refractivity contribution in [3.63, 3.8) is 0 Å². The molecule has 7 nitrogen and oxygen atoms in total. The highest BCUT2D eigenvalue weighted by Crippen LogP contribution is 2.13. The maximum atomic E-state index is 11.7. The van der Waals surface area contributed by atoms with Gasteiger partial charge in [0, 0.05) is 25.5 Å². The van der Waals surface area contributed by atoms with Crippen LogP contribution in [0.4, 0.5) is 5.82 Å². The van der Waals surface area contributed by atoms with Crippen LogP contribution in [0.15, 0.2) is 41.3 Å². The average Bonchev–Trinajstić information content (AvgIpc) is 3.11. The minimum Gasteiger partial charge on any atom is -0.459 e. The van der Waals surface area contributed by atoms with Crippen molar-refractivity contribution >= 4 is 17.2 Å². The predicted octanol–water partition coefficient (Wildman–Crippen LogP) is 1.47. The molecule has 0 saturated heterocycles. The summed E-state index contributed by atoms with van der Waals surface area (Å²) in [5.41, 5.74) is 1.84. The summed E-state index contributed by atoms with van der Waals surface area (Å²) in [7, 11) is 0. The van der Waals surface area contributed by atoms with Crippen molar-refractivity contribution < 1.29 is 9.21 Å². The average molecular weight is 285 g/mol. The Hall–Kier alpha value is -2.83. The molecule has 1 amide bonds. The van der Waals surface area contributed by atoms with E-state index in [4.69, 9.17) is 4.42 Å². The summed E-state index contributed by atoms with van der Waals surface area (Å²) in [4.78, 5) is 16.0. The van der Waals surface area contributed by atoms with Gasteiger partial charge in [0.1, 0.15) is 5.52 Å². The van der Waals surface area contributed by atoms with Crippen molar-refractivity contribution in [1.82, 2.24) is 19.9 Å². The summed E-state index contributed by atoms with van der Waals surface area (Å²) in [5.74, 6) is 0.820. The first-order valence-electron chi connectivity index (χ1n) is 6.60. The first-order chi connectivity index (χ1) is 10.2. The zero-order valence-electron chi connectivity index (χ0n) is 11.5. The van der Waals surface area contributed by atoms with Gasteiger partial charge in [-0.2, -0.15) is 5.10 Å². The van der Waals surface area contributed by atoms with Crippen LogP contribution in [0.1, 0.15) is 16.2 Å². The Bertz CT molecular complexity index is 748. The molecule has 0 aromatic carbocycles. The van der Waals surface area contributed by atoms with Gasteiger partial charge in [-0.15, -0.1) is 0 Å². The SMILES string of the molecule is Cc1cc2c(NCCNC(=O)c3ccco3)nccn2n1. The van der Waals surface area contributed by atoms with Gasteiger partial charge in [0.15, 0.2) is 11.6 Å². The molecule has 0 radical (unpaired) electrons. The van der Waals surface area contributed by atoms with E-state index in [0.717, 1.165) is 17.0 Å². The smallest absolute Gasteiger partial charge is 0.287 e. The summed E-state index contributed by atoms with van der Waals surface area (Å²) in [5, 5.41) is 10.3. The number of fused-ring (bicyclic) bond motifs is 1. The largest absolute Gasteiger partial charge is 0.459 e. The molecule has 21 heavy (non-hydrogen) atoms. The molecular weight excluding hydrogens is 270 g/mol. The van der Waals surface area contributed by atoms with Gasteiger partial charge in [-0.05, 0) is 25.1 Å². The summed E-state index contributed by atoms with van der Waals surface area (Å²) in [6.07, 6.45) is 4.95. The Morgan fingerprint density at radius 3 is 3.14 bits per heavy atom. The molecule has 0 bridgehead atoms. The van der Waals surface area contributed by atoms with Crippen LogP contribution in [0.2, 0.25) is 0 Å². The molecule has 0 aliphatic heterocycles. The van der Waals surface area contributed by atoms with Crippen molar-refractivity contribution in [2.75, 3.05) is 18.4 Å². The van der Waals surface area contributed by atoms with E-state index in [1.165, 1.54) is 6.26 Å². The molecule has 2 N–H and O–H groups in total. The second-order valence-electron chi connectivity index (χ2n) is 4.55. The number of anilines is 1. The quantitative estimate of drug-likeness (QED) is 0.693. The number of rotatable bonds is 5. The third kappa shape index (κ3) is 2.86. The first-order valence-corrected chi connectivity index (χ1v) is 6.60. The lowest BCUT2D eigenvalue weighted by Gasteiger charge is -2.07. The van der Waals surface area contributed by atoms with Crippen LogP contribution in [-0.2, 0) is 0 Å². The van der Waals surface area contributed by atoms with Crippen LogP contribution in [0.3, 0.4) is 0 Å². The molecule has 108 valence electrons. The number of nitrogens with one attached hydrogen (secondary N) is 2. The Balaban J connectivity index is 1.56. The van der Waals surface area contributed by atoms with Crippen molar-refractivity contribution in [3.8, 4) is 0 Å². The fraction of sp³-hybridized carbons (Fsp3) is 0.214. The minimum absolute atomic E-state index is 0.229. The Morgan fingerprint density at radius 2 is 2.33 bits per heavy atom. The van der Waals surface area contributed by atoms with Gasteiger partial charge in [0.2, 0.25) is 0 Å². The molecule has 3 aromatic heterocycles. The van der Waals surface area contributed by atoms with Gasteiger partial charge < -0.3 is 15.1 Å². The summed E-state index contributed by atoms with van der Waals surface area (Å²) in [6.45, 7) is 2.96. The first kappa shape index (κ1) is 13.2. The van der Waals surface area contributed by atoms with Crippen LogP contribution >= 0.6 is 0 Å². The Morgan fingerprint density at radius 1 is 1.43 bits per heavy atom. The molecule has 7 heteroatoms. The van der Waals surface area contributed by atoms with E-state index in [2.05, 4.69) is 20.7 Å². The molecule has 3 heterocycles. The molecule has 0 unspecified atom stereocenters. The van der Waals surface area contributed by atoms with Crippen LogP contribution in [0, 0.1) is 6.92 Å². The van der Waals surface area contributed by atoms with Gasteiger partial charge in [0.05, 0.1) is 12.0 Å². The zero-order valence-corrected chi connectivity index (χ0v) is 11.5. The van der Waals surface area contributed by atoms with Crippen molar-refractivity contribution in [2.24, 2.45) is 0 Å². The summed E-state index contributed by atoms with van der Waals surface area (Å²) < 4.78 is 6.78. The lowest BCUT2D eigenvalue weighted by molar-refractivity contribution is 0.0927. The topological polar surface area (TPSA) is 84.5 Å². The predicted molar refractivity (Wildman–Crippen MR) is 77.3 cm³/mol. The maximum Gasteiger partial charge on any atom is 0.287 e. The molecular formula is C14H15N5O2. The van der Waals surface area contributed by atoms with Gasteiger partial charge in [-0.25, -0.2) is 9.50 Å². The number of aryl methyl sites for hydroxylation is 1. The van der Waals surface area contributed by atoms with Gasteiger partial charge in [0.25, 0.3) is 5.91 Å². The van der Waals surface area contributed by atoms with E-state index in [9.17, 15) is 4.79 Å². The number of aromatic nitrogens is 3. The molecule has 3 rings (SSSR count). The third-order valence-corrected chi connectivity index (χ3v) is 2.96. The normalized spacial score (nSPS) is 10.7. The van der Waals surface area contributed by atoms with E-state index >= 15 is 0 Å². The number of amides is 1. The van der Waals surface area contributed by atoms with Crippen LogP contribution < -0.4 is 10.6 Å². The van der Waals surface area contributed by atoms with Crippen LogP contribution in [-0.4, -0.2) is 33.6 Å². The lowest BCUT2D eigenvalue weighted by Crippen LogP contribution is -2.28. The number of furan rings is 1. The second kappa shape index (κ2) is 5.66. The van der Waals surface area contributed by atoms with Crippen molar-refractivity contribution in [3.05, 3.63) is 48.3 Å². The number of nitrogens with zero attached hydrogens (tertiary/aromatic N) is 3. The minimum atomic E-state index is -0.229. The third-order valence-electron chi connectivity index (χ3n) is 2.96. The van der Waals surface area contributed by atoms with Gasteiger partial charge in [-0.1, -0.05) is 0 Å². The number of carbonyl (C=O) groups excluding carboxylic acids is 1. The molecule has 0 aliphatic carbocycles. The van der Waals surface area contributed by atoms with Crippen LogP contribution in [0.5, 0.6) is 0 Å². The van der Waals surface area contributed by atoms with E-state index in [1.807, 2.05) is 13.0 Å². The summed E-state index contributed by atoms with van der Waals surface area (Å²) in [6, 6.07) is 5.26. The van der Waals surface area contributed by atoms with E-state index in [-0.39, 0.29) is 5.91 Å². The van der Waals surface area contributed by atoms with E-state index in [1.54, 1.807) is 29.0 Å². The molecule has 0 aliphatic rings. The standard InChI is InChI=1S/C14H15N5O2/c1-10-9-11-13(16-6-7-19(11)18-10)15-4-5-17-14(20)12-3-2-8-21-12/h2-3,6-9H,4-5H2,1H3,(H,15,16)(H,17,20). The Labute approximate surface area is 121 Å². The highest BCUT2D eigenvalue weighted by Gasteiger charge is 2.08. The second-order valence-corrected chi connectivity index (χ2v) is 4.55. The van der Waals surface area contributed by atoms with Crippen molar-refractivity contribution in [2.45, 2.75) is 6.92 Å². The monoisotopic (exact) mass is 285 g/mol. The Kier molecular flexibility index (Phi) is 3.55. The van der Waals surface area contributed by atoms with Gasteiger partial charge >= 0.3 is 0 Å². The number of hydrogen-bond acceptors (Lipinski definition) is 5. The van der Waals surface area contributed by atoms with E-state index in [0.29, 0.717) is 18.8 Å². The molecule has 0 atom stereocenters. The fourth-order valence-electron chi connectivity index (χ4n) is 2.03. The van der Waals surface area contributed by atoms with Crippen molar-refractivity contribution in [1.29, 1.82) is 0 Å². The lowest BCUT2D eigenvalue weighted by atomic mass is 10.4. The highest BCUT2D eigenvalue weighted by molar-refractivity contribution is 5.91. The number of hydrogen-bond donors (Lipinski definition) is 2. The van der Waals surface area contributed by atoms with Gasteiger partial charge in [-0.3, -0.25) is 4.79 Å². The number of carbonyl (C=O) groups is 1. The molecule has 3 aromatic rings. The fourth-order valence-corrected chi connectivity index (χ4v) is 2.03. The highest BCUT2D eigenvalue weighted by atomic mass is 16.3. The maximum absolute atomic E-state index is 11.7. The van der Waals surface area contributed by atoms with E-state index < -0.39 is 0 Å². The molecule has 0 saturated carbocycles.